The molecule has 0 amide bonds. The number of β-amino-alcohol motifs (C(OH)–C–C–N with tert-alkyl or cyclic N) is 1. The Bertz CT molecular complexity index is 253. The normalized spacial score (nSPS) is 23.1. The maximum atomic E-state index is 9.24. The fourth-order valence-corrected chi connectivity index (χ4v) is 1.31. The minimum Gasteiger partial charge on any atom is -0.391 e. The van der Waals surface area contributed by atoms with Crippen LogP contribution in [-0.4, -0.2) is 39.5 Å². The van der Waals surface area contributed by atoms with Gasteiger partial charge in [0.15, 0.2) is 0 Å². The van der Waals surface area contributed by atoms with Gasteiger partial charge in [0.05, 0.1) is 18.5 Å². The van der Waals surface area contributed by atoms with E-state index in [0.29, 0.717) is 12.5 Å². The van der Waals surface area contributed by atoms with Gasteiger partial charge >= 0.3 is 0 Å². The molecular weight excluding hydrogens is 156 g/mol. The zero-order chi connectivity index (χ0) is 8.39. The van der Waals surface area contributed by atoms with Crippen LogP contribution >= 0.6 is 0 Å². The molecule has 0 radical (unpaired) electrons. The number of rotatable bonds is 1. The van der Waals surface area contributed by atoms with E-state index in [2.05, 4.69) is 15.2 Å². The first-order chi connectivity index (χ1) is 5.86. The van der Waals surface area contributed by atoms with Crippen molar-refractivity contribution in [3.05, 3.63) is 12.4 Å². The zero-order valence-corrected chi connectivity index (χ0v) is 6.59. The van der Waals surface area contributed by atoms with Gasteiger partial charge in [-0.2, -0.15) is 5.10 Å². The highest BCUT2D eigenvalue weighted by molar-refractivity contribution is 5.29. The highest BCUT2D eigenvalue weighted by Gasteiger charge is 2.21. The summed E-state index contributed by atoms with van der Waals surface area (Å²) < 4.78 is 0. The molecule has 5 heteroatoms. The third kappa shape index (κ3) is 1.35. The second-order valence-electron chi connectivity index (χ2n) is 2.83. The van der Waals surface area contributed by atoms with E-state index < -0.39 is 0 Å². The van der Waals surface area contributed by atoms with Crippen LogP contribution in [0.5, 0.6) is 0 Å². The molecule has 0 spiro atoms. The first-order valence-corrected chi connectivity index (χ1v) is 3.93. The Labute approximate surface area is 70.1 Å². The van der Waals surface area contributed by atoms with Crippen molar-refractivity contribution >= 4 is 5.95 Å². The lowest BCUT2D eigenvalue weighted by molar-refractivity contribution is 0.198. The number of nitrogens with zero attached hydrogens (tertiary/aromatic N) is 4. The number of hydrogen-bond acceptors (Lipinski definition) is 5. The van der Waals surface area contributed by atoms with Gasteiger partial charge in [-0.1, -0.05) is 0 Å². The Balaban J connectivity index is 2.11. The highest BCUT2D eigenvalue weighted by Crippen LogP contribution is 2.13. The second kappa shape index (κ2) is 3.02. The molecule has 1 aliphatic heterocycles. The first-order valence-electron chi connectivity index (χ1n) is 3.93. The lowest BCUT2D eigenvalue weighted by atomic mass is 10.3. The molecule has 64 valence electrons. The summed E-state index contributed by atoms with van der Waals surface area (Å²) in [6.07, 6.45) is 3.69. The number of anilines is 1. The zero-order valence-electron chi connectivity index (χ0n) is 6.59. The summed E-state index contributed by atoms with van der Waals surface area (Å²) in [5.74, 6) is 0.606. The first kappa shape index (κ1) is 7.42. The summed E-state index contributed by atoms with van der Waals surface area (Å²) in [5.41, 5.74) is 0. The van der Waals surface area contributed by atoms with Crippen molar-refractivity contribution in [2.75, 3.05) is 18.0 Å². The summed E-state index contributed by atoms with van der Waals surface area (Å²) in [4.78, 5) is 5.96. The van der Waals surface area contributed by atoms with Crippen molar-refractivity contribution in [3.63, 3.8) is 0 Å². The van der Waals surface area contributed by atoms with Gasteiger partial charge < -0.3 is 10.0 Å². The summed E-state index contributed by atoms with van der Waals surface area (Å²) in [6, 6.07) is 0. The number of aliphatic hydroxyl groups excluding tert-OH is 1. The Morgan fingerprint density at radius 2 is 2.42 bits per heavy atom. The average molecular weight is 166 g/mol. The Morgan fingerprint density at radius 1 is 1.50 bits per heavy atom. The van der Waals surface area contributed by atoms with Crippen LogP contribution in [0.25, 0.3) is 0 Å². The summed E-state index contributed by atoms with van der Waals surface area (Å²) >= 11 is 0. The molecule has 0 aromatic carbocycles. The van der Waals surface area contributed by atoms with E-state index in [1.54, 1.807) is 6.20 Å². The van der Waals surface area contributed by atoms with Crippen LogP contribution in [0.15, 0.2) is 12.4 Å². The van der Waals surface area contributed by atoms with Crippen molar-refractivity contribution < 1.29 is 5.11 Å². The van der Waals surface area contributed by atoms with Crippen LogP contribution in [0.4, 0.5) is 5.95 Å². The molecule has 0 saturated carbocycles. The minimum atomic E-state index is -0.242. The Morgan fingerprint density at radius 3 is 3.00 bits per heavy atom. The lowest BCUT2D eigenvalue weighted by Crippen LogP contribution is -2.23. The minimum absolute atomic E-state index is 0.242. The molecule has 1 aromatic heterocycles. The van der Waals surface area contributed by atoms with Crippen molar-refractivity contribution in [1.82, 2.24) is 15.2 Å². The van der Waals surface area contributed by atoms with Crippen molar-refractivity contribution in [2.45, 2.75) is 12.5 Å². The largest absolute Gasteiger partial charge is 0.391 e. The molecule has 1 fully saturated rings. The Hall–Kier alpha value is -1.23. The van der Waals surface area contributed by atoms with E-state index in [9.17, 15) is 5.11 Å². The van der Waals surface area contributed by atoms with Gasteiger partial charge in [-0.25, -0.2) is 4.98 Å². The predicted octanol–water partition coefficient (Wildman–Crippen LogP) is -0.557. The maximum absolute atomic E-state index is 9.24. The molecule has 1 saturated heterocycles. The van der Waals surface area contributed by atoms with Crippen LogP contribution in [0.3, 0.4) is 0 Å². The maximum Gasteiger partial charge on any atom is 0.245 e. The van der Waals surface area contributed by atoms with Gasteiger partial charge in [-0.15, -0.1) is 5.10 Å². The molecule has 2 heterocycles. The van der Waals surface area contributed by atoms with E-state index >= 15 is 0 Å². The second-order valence-corrected chi connectivity index (χ2v) is 2.83. The van der Waals surface area contributed by atoms with Crippen molar-refractivity contribution in [1.29, 1.82) is 0 Å². The molecule has 1 N–H and O–H groups in total. The fraction of sp³-hybridized carbons (Fsp3) is 0.571. The Kier molecular flexibility index (Phi) is 1.87. The number of aliphatic hydroxyl groups is 1. The van der Waals surface area contributed by atoms with Crippen LogP contribution in [0, 0.1) is 0 Å². The number of hydrogen-bond donors (Lipinski definition) is 1. The third-order valence-electron chi connectivity index (χ3n) is 1.92. The molecule has 0 unspecified atom stereocenters. The van der Waals surface area contributed by atoms with Gasteiger partial charge in [0.2, 0.25) is 5.95 Å². The highest BCUT2D eigenvalue weighted by atomic mass is 16.3. The van der Waals surface area contributed by atoms with E-state index in [0.717, 1.165) is 13.0 Å². The van der Waals surface area contributed by atoms with Gasteiger partial charge in [-0.3, -0.25) is 0 Å². The van der Waals surface area contributed by atoms with Crippen molar-refractivity contribution in [3.8, 4) is 0 Å². The molecule has 1 aliphatic rings. The number of aromatic nitrogens is 3. The average Bonchev–Trinajstić information content (AvgIpc) is 2.54. The molecule has 0 aliphatic carbocycles. The SMILES string of the molecule is O[C@@H]1CCN(c2nccnn2)C1. The fourth-order valence-electron chi connectivity index (χ4n) is 1.31. The summed E-state index contributed by atoms with van der Waals surface area (Å²) in [5, 5.41) is 16.8. The van der Waals surface area contributed by atoms with Crippen LogP contribution in [-0.2, 0) is 0 Å². The van der Waals surface area contributed by atoms with Crippen LogP contribution in [0.1, 0.15) is 6.42 Å². The third-order valence-corrected chi connectivity index (χ3v) is 1.92. The van der Waals surface area contributed by atoms with Crippen LogP contribution in [0.2, 0.25) is 0 Å². The van der Waals surface area contributed by atoms with Crippen LogP contribution < -0.4 is 4.90 Å². The topological polar surface area (TPSA) is 62.1 Å². The monoisotopic (exact) mass is 166 g/mol. The lowest BCUT2D eigenvalue weighted by Gasteiger charge is -2.12. The molecular formula is C7H10N4O. The van der Waals surface area contributed by atoms with Gasteiger partial charge in [-0.05, 0) is 6.42 Å². The van der Waals surface area contributed by atoms with E-state index in [1.165, 1.54) is 6.20 Å². The molecule has 2 rings (SSSR count). The van der Waals surface area contributed by atoms with E-state index in [-0.39, 0.29) is 6.10 Å². The standard InChI is InChI=1S/C7H10N4O/c12-6-1-4-11(5-6)7-8-2-3-9-10-7/h2-3,6,12H,1,4-5H2/t6-/m1/s1. The van der Waals surface area contributed by atoms with E-state index in [4.69, 9.17) is 0 Å². The molecule has 1 atom stereocenters. The molecule has 12 heavy (non-hydrogen) atoms. The quantitative estimate of drug-likeness (QED) is 0.606. The van der Waals surface area contributed by atoms with Crippen molar-refractivity contribution in [2.24, 2.45) is 0 Å². The molecule has 5 nitrogen and oxygen atoms in total. The summed E-state index contributed by atoms with van der Waals surface area (Å²) in [7, 11) is 0. The predicted molar refractivity (Wildman–Crippen MR) is 42.7 cm³/mol. The van der Waals surface area contributed by atoms with Gasteiger partial charge in [0, 0.05) is 13.1 Å². The molecule has 0 bridgehead atoms. The molecule has 1 aromatic rings. The van der Waals surface area contributed by atoms with Gasteiger partial charge in [0.1, 0.15) is 0 Å². The van der Waals surface area contributed by atoms with Gasteiger partial charge in [0.25, 0.3) is 0 Å². The summed E-state index contributed by atoms with van der Waals surface area (Å²) in [6.45, 7) is 1.43. The smallest absolute Gasteiger partial charge is 0.245 e. The van der Waals surface area contributed by atoms with E-state index in [1.807, 2.05) is 4.90 Å².